The van der Waals surface area contributed by atoms with Crippen LogP contribution in [0.1, 0.15) is 5.56 Å². The SMILES string of the molecule is NC(=O)N\N=C/C=C/C=C/c1ccc(F)cc1. The number of allylic oxidation sites excluding steroid dienone is 3. The molecular formula is C12H12FN3O. The highest BCUT2D eigenvalue weighted by atomic mass is 19.1. The lowest BCUT2D eigenvalue weighted by molar-refractivity contribution is 0.249. The third kappa shape index (κ3) is 5.88. The van der Waals surface area contributed by atoms with E-state index in [1.807, 2.05) is 6.08 Å². The highest BCUT2D eigenvalue weighted by Gasteiger charge is 1.87. The summed E-state index contributed by atoms with van der Waals surface area (Å²) in [7, 11) is 0. The van der Waals surface area contributed by atoms with Crippen LogP contribution in [0.3, 0.4) is 0 Å². The van der Waals surface area contributed by atoms with E-state index in [0.29, 0.717) is 0 Å². The van der Waals surface area contributed by atoms with E-state index in [1.54, 1.807) is 30.4 Å². The number of hydrogen-bond donors (Lipinski definition) is 2. The molecule has 5 heteroatoms. The van der Waals surface area contributed by atoms with Gasteiger partial charge in [-0.1, -0.05) is 30.4 Å². The highest BCUT2D eigenvalue weighted by Crippen LogP contribution is 2.04. The maximum absolute atomic E-state index is 12.6. The van der Waals surface area contributed by atoms with Crippen LogP contribution in [0.15, 0.2) is 47.6 Å². The Morgan fingerprint density at radius 2 is 1.94 bits per heavy atom. The van der Waals surface area contributed by atoms with E-state index >= 15 is 0 Å². The molecule has 0 aliphatic rings. The summed E-state index contributed by atoms with van der Waals surface area (Å²) < 4.78 is 12.6. The van der Waals surface area contributed by atoms with E-state index < -0.39 is 6.03 Å². The number of nitrogens with two attached hydrogens (primary N) is 1. The number of halogens is 1. The number of nitrogens with zero attached hydrogens (tertiary/aromatic N) is 1. The minimum absolute atomic E-state index is 0.262. The smallest absolute Gasteiger partial charge is 0.332 e. The molecule has 2 amide bonds. The van der Waals surface area contributed by atoms with E-state index in [4.69, 9.17) is 5.73 Å². The van der Waals surface area contributed by atoms with Crippen LogP contribution in [0.25, 0.3) is 6.08 Å². The number of hydrazone groups is 1. The van der Waals surface area contributed by atoms with Crippen molar-refractivity contribution in [2.75, 3.05) is 0 Å². The molecule has 88 valence electrons. The molecule has 3 N–H and O–H groups in total. The van der Waals surface area contributed by atoms with Crippen molar-refractivity contribution in [2.45, 2.75) is 0 Å². The van der Waals surface area contributed by atoms with Crippen LogP contribution >= 0.6 is 0 Å². The molecule has 1 aromatic carbocycles. The number of rotatable bonds is 4. The van der Waals surface area contributed by atoms with E-state index in [9.17, 15) is 9.18 Å². The second kappa shape index (κ2) is 6.95. The Balaban J connectivity index is 2.39. The van der Waals surface area contributed by atoms with E-state index in [1.165, 1.54) is 18.3 Å². The minimum Gasteiger partial charge on any atom is -0.350 e. The predicted octanol–water partition coefficient (Wildman–Crippen LogP) is 2.05. The molecule has 0 heterocycles. The molecule has 0 unspecified atom stereocenters. The number of urea groups is 1. The molecule has 0 saturated carbocycles. The van der Waals surface area contributed by atoms with Gasteiger partial charge in [0.05, 0.1) is 0 Å². The molecule has 0 spiro atoms. The van der Waals surface area contributed by atoms with Gasteiger partial charge in [0.1, 0.15) is 5.82 Å². The fourth-order valence-corrected chi connectivity index (χ4v) is 0.998. The van der Waals surface area contributed by atoms with Gasteiger partial charge in [-0.2, -0.15) is 5.10 Å². The molecule has 0 aliphatic heterocycles. The summed E-state index contributed by atoms with van der Waals surface area (Å²) in [6, 6.07) is 5.41. The first kappa shape index (κ1) is 12.6. The zero-order chi connectivity index (χ0) is 12.5. The first-order chi connectivity index (χ1) is 8.18. The van der Waals surface area contributed by atoms with Crippen LogP contribution in [-0.4, -0.2) is 12.2 Å². The Kier molecular flexibility index (Phi) is 5.16. The molecule has 1 aromatic rings. The fourth-order valence-electron chi connectivity index (χ4n) is 0.998. The number of primary amides is 1. The number of hydrogen-bond acceptors (Lipinski definition) is 2. The number of nitrogens with one attached hydrogen (secondary N) is 1. The summed E-state index contributed by atoms with van der Waals surface area (Å²) >= 11 is 0. The Hall–Kier alpha value is -2.43. The molecule has 1 rings (SSSR count). The van der Waals surface area contributed by atoms with Crippen LogP contribution in [0.4, 0.5) is 9.18 Å². The second-order valence-corrected chi connectivity index (χ2v) is 3.05. The summed E-state index contributed by atoms with van der Waals surface area (Å²) in [4.78, 5) is 10.2. The fraction of sp³-hybridized carbons (Fsp3) is 0. The zero-order valence-electron chi connectivity index (χ0n) is 9.01. The Morgan fingerprint density at radius 3 is 2.59 bits per heavy atom. The van der Waals surface area contributed by atoms with Gasteiger partial charge in [0, 0.05) is 6.21 Å². The average molecular weight is 233 g/mol. The Bertz CT molecular complexity index is 449. The Labute approximate surface area is 98.3 Å². The molecule has 0 atom stereocenters. The van der Waals surface area contributed by atoms with Gasteiger partial charge in [-0.05, 0) is 23.8 Å². The average Bonchev–Trinajstić information content (AvgIpc) is 2.30. The summed E-state index contributed by atoms with van der Waals surface area (Å²) in [5.41, 5.74) is 7.73. The van der Waals surface area contributed by atoms with Gasteiger partial charge in [0.15, 0.2) is 0 Å². The molecule has 17 heavy (non-hydrogen) atoms. The highest BCUT2D eigenvalue weighted by molar-refractivity contribution is 5.76. The van der Waals surface area contributed by atoms with Gasteiger partial charge < -0.3 is 5.73 Å². The standard InChI is InChI=1S/C12H12FN3O/c13-11-7-5-10(6-8-11)4-2-1-3-9-15-16-12(14)17/h1-9H,(H3,14,16,17)/b3-1+,4-2+,15-9-. The summed E-state index contributed by atoms with van der Waals surface area (Å²) in [5, 5.41) is 3.51. The van der Waals surface area contributed by atoms with Gasteiger partial charge in [-0.15, -0.1) is 0 Å². The van der Waals surface area contributed by atoms with E-state index in [-0.39, 0.29) is 5.82 Å². The van der Waals surface area contributed by atoms with Crippen LogP contribution in [0, 0.1) is 5.82 Å². The number of benzene rings is 1. The van der Waals surface area contributed by atoms with Gasteiger partial charge >= 0.3 is 6.03 Å². The van der Waals surface area contributed by atoms with Crippen LogP contribution in [-0.2, 0) is 0 Å². The molecule has 0 bridgehead atoms. The molecular weight excluding hydrogens is 221 g/mol. The monoisotopic (exact) mass is 233 g/mol. The van der Waals surface area contributed by atoms with Crippen LogP contribution < -0.4 is 11.2 Å². The van der Waals surface area contributed by atoms with Crippen molar-refractivity contribution in [2.24, 2.45) is 10.8 Å². The molecule has 0 aromatic heterocycles. The lowest BCUT2D eigenvalue weighted by atomic mass is 10.2. The van der Waals surface area contributed by atoms with Crippen molar-refractivity contribution in [3.05, 3.63) is 53.9 Å². The second-order valence-electron chi connectivity index (χ2n) is 3.05. The molecule has 0 fully saturated rings. The lowest BCUT2D eigenvalue weighted by Crippen LogP contribution is -2.24. The first-order valence-corrected chi connectivity index (χ1v) is 4.86. The van der Waals surface area contributed by atoms with Crippen molar-refractivity contribution < 1.29 is 9.18 Å². The van der Waals surface area contributed by atoms with Crippen LogP contribution in [0.2, 0.25) is 0 Å². The summed E-state index contributed by atoms with van der Waals surface area (Å²) in [6.45, 7) is 0. The van der Waals surface area contributed by atoms with Crippen molar-refractivity contribution in [3.63, 3.8) is 0 Å². The molecule has 0 saturated heterocycles. The van der Waals surface area contributed by atoms with Gasteiger partial charge in [0.2, 0.25) is 0 Å². The molecule has 4 nitrogen and oxygen atoms in total. The van der Waals surface area contributed by atoms with Crippen molar-refractivity contribution in [3.8, 4) is 0 Å². The largest absolute Gasteiger partial charge is 0.350 e. The van der Waals surface area contributed by atoms with Gasteiger partial charge in [0.25, 0.3) is 0 Å². The third-order valence-electron chi connectivity index (χ3n) is 1.72. The quantitative estimate of drug-likeness (QED) is 0.466. The summed E-state index contributed by atoms with van der Waals surface area (Å²) in [5.74, 6) is -0.262. The third-order valence-corrected chi connectivity index (χ3v) is 1.72. The summed E-state index contributed by atoms with van der Waals surface area (Å²) in [6.07, 6.45) is 8.31. The maximum atomic E-state index is 12.6. The normalized spacial score (nSPS) is 11.6. The first-order valence-electron chi connectivity index (χ1n) is 4.86. The van der Waals surface area contributed by atoms with Crippen molar-refractivity contribution in [1.29, 1.82) is 0 Å². The van der Waals surface area contributed by atoms with Crippen molar-refractivity contribution in [1.82, 2.24) is 5.43 Å². The zero-order valence-corrected chi connectivity index (χ0v) is 9.01. The number of amides is 2. The van der Waals surface area contributed by atoms with E-state index in [0.717, 1.165) is 5.56 Å². The maximum Gasteiger partial charge on any atom is 0.332 e. The predicted molar refractivity (Wildman–Crippen MR) is 65.8 cm³/mol. The van der Waals surface area contributed by atoms with Gasteiger partial charge in [-0.25, -0.2) is 14.6 Å². The minimum atomic E-state index is -0.712. The number of carbonyl (C=O) groups is 1. The van der Waals surface area contributed by atoms with Gasteiger partial charge in [-0.3, -0.25) is 0 Å². The molecule has 0 aliphatic carbocycles. The Morgan fingerprint density at radius 1 is 1.24 bits per heavy atom. The topological polar surface area (TPSA) is 67.5 Å². The number of carbonyl (C=O) groups excluding carboxylic acids is 1. The van der Waals surface area contributed by atoms with Crippen LogP contribution in [0.5, 0.6) is 0 Å². The van der Waals surface area contributed by atoms with Crippen molar-refractivity contribution >= 4 is 18.3 Å². The van der Waals surface area contributed by atoms with E-state index in [2.05, 4.69) is 10.5 Å². The molecule has 0 radical (unpaired) electrons. The lowest BCUT2D eigenvalue weighted by Gasteiger charge is -1.90.